The van der Waals surface area contributed by atoms with Crippen LogP contribution in [-0.2, 0) is 0 Å². The molecular weight excluding hydrogens is 380 g/mol. The summed E-state index contributed by atoms with van der Waals surface area (Å²) in [4.78, 5) is 0. The van der Waals surface area contributed by atoms with E-state index in [-0.39, 0.29) is 11.5 Å². The summed E-state index contributed by atoms with van der Waals surface area (Å²) in [6, 6.07) is 0. The molecule has 5 aliphatic rings. The third-order valence-corrected chi connectivity index (χ3v) is 13.1. The second kappa shape index (κ2) is 7.08. The number of allylic oxidation sites excluding steroid dienone is 1. The quantitative estimate of drug-likeness (QED) is 0.486. The zero-order valence-corrected chi connectivity index (χ0v) is 20.9. The lowest BCUT2D eigenvalue weighted by Crippen LogP contribution is -2.65. The standard InChI is InChI=1S/C29H48O2/c1-18(2)20-9-14-29(17-30)16-15-27(5)22(25(20)29)7-8-24-26(4)12-11-23(31)19(3)21(26)10-13-28(24,27)6/h19-25,30-31H,1,7-17H2,2-6H3/t19-,20+,21?,22?,23+,24?,25?,26+,27-,28?,29-/m1/s1. The molecule has 0 aromatic heterocycles. The van der Waals surface area contributed by atoms with Gasteiger partial charge in [-0.3, -0.25) is 0 Å². The van der Waals surface area contributed by atoms with Gasteiger partial charge in [-0.2, -0.15) is 0 Å². The third kappa shape index (κ3) is 2.70. The Morgan fingerprint density at radius 3 is 2.29 bits per heavy atom. The first-order valence-corrected chi connectivity index (χ1v) is 13.5. The van der Waals surface area contributed by atoms with Gasteiger partial charge in [0.15, 0.2) is 0 Å². The van der Waals surface area contributed by atoms with Gasteiger partial charge < -0.3 is 10.2 Å². The molecule has 2 heteroatoms. The van der Waals surface area contributed by atoms with Crippen LogP contribution in [0.3, 0.4) is 0 Å². The van der Waals surface area contributed by atoms with E-state index in [2.05, 4.69) is 41.2 Å². The Kier molecular flexibility index (Phi) is 5.13. The van der Waals surface area contributed by atoms with Crippen LogP contribution in [0, 0.1) is 57.2 Å². The monoisotopic (exact) mass is 428 g/mol. The van der Waals surface area contributed by atoms with Gasteiger partial charge >= 0.3 is 0 Å². The van der Waals surface area contributed by atoms with Crippen LogP contribution in [0.15, 0.2) is 12.2 Å². The summed E-state index contributed by atoms with van der Waals surface area (Å²) < 4.78 is 0. The van der Waals surface area contributed by atoms with E-state index in [1.54, 1.807) is 0 Å². The highest BCUT2D eigenvalue weighted by atomic mass is 16.3. The van der Waals surface area contributed by atoms with Gasteiger partial charge in [-0.15, -0.1) is 0 Å². The molecule has 0 spiro atoms. The minimum atomic E-state index is -0.0935. The molecule has 5 fully saturated rings. The Balaban J connectivity index is 1.54. The van der Waals surface area contributed by atoms with Crippen molar-refractivity contribution < 1.29 is 10.2 Å². The van der Waals surface area contributed by atoms with Gasteiger partial charge in [0, 0.05) is 6.61 Å². The van der Waals surface area contributed by atoms with Crippen molar-refractivity contribution in [1.29, 1.82) is 0 Å². The Bertz CT molecular complexity index is 745. The Morgan fingerprint density at radius 2 is 1.61 bits per heavy atom. The van der Waals surface area contributed by atoms with Gasteiger partial charge in [-0.1, -0.05) is 39.8 Å². The number of rotatable bonds is 2. The highest BCUT2D eigenvalue weighted by molar-refractivity contribution is 5.20. The molecule has 0 amide bonds. The molecule has 11 atom stereocenters. The lowest BCUT2D eigenvalue weighted by atomic mass is 9.33. The van der Waals surface area contributed by atoms with Crippen LogP contribution in [0.1, 0.15) is 98.8 Å². The van der Waals surface area contributed by atoms with Crippen LogP contribution in [0.5, 0.6) is 0 Å². The van der Waals surface area contributed by atoms with Gasteiger partial charge in [0.05, 0.1) is 6.10 Å². The fourth-order valence-corrected chi connectivity index (χ4v) is 11.2. The molecule has 0 bridgehead atoms. The smallest absolute Gasteiger partial charge is 0.0568 e. The van der Waals surface area contributed by atoms with Gasteiger partial charge in [0.1, 0.15) is 0 Å². The summed E-state index contributed by atoms with van der Waals surface area (Å²) in [6.07, 6.45) is 12.4. The molecule has 0 heterocycles. The van der Waals surface area contributed by atoms with Crippen molar-refractivity contribution in [3.8, 4) is 0 Å². The van der Waals surface area contributed by atoms with E-state index in [0.29, 0.717) is 46.5 Å². The molecule has 2 N–H and O–H groups in total. The SMILES string of the molecule is C=C(C)[C@@H]1CC[C@]2(CO)CC[C@]3(C)C(CCC4C3(C)CCC3[C@@H](C)[C@@H](O)CC[C@@]34C)C12. The molecule has 0 aromatic rings. The van der Waals surface area contributed by atoms with E-state index in [4.69, 9.17) is 0 Å². The van der Waals surface area contributed by atoms with Crippen LogP contribution in [-0.4, -0.2) is 22.9 Å². The van der Waals surface area contributed by atoms with E-state index >= 15 is 0 Å². The van der Waals surface area contributed by atoms with Crippen LogP contribution in [0.25, 0.3) is 0 Å². The Labute approximate surface area is 191 Å². The molecule has 5 unspecified atom stereocenters. The second-order valence-corrected chi connectivity index (χ2v) is 13.7. The van der Waals surface area contributed by atoms with E-state index in [1.807, 2.05) is 0 Å². The van der Waals surface area contributed by atoms with Crippen molar-refractivity contribution in [1.82, 2.24) is 0 Å². The maximum absolute atomic E-state index is 10.6. The van der Waals surface area contributed by atoms with E-state index in [0.717, 1.165) is 18.3 Å². The Hall–Kier alpha value is -0.340. The minimum Gasteiger partial charge on any atom is -0.396 e. The lowest BCUT2D eigenvalue weighted by Gasteiger charge is -2.72. The molecule has 0 aromatic carbocycles. The van der Waals surface area contributed by atoms with E-state index in [1.165, 1.54) is 63.4 Å². The number of hydrogen-bond donors (Lipinski definition) is 2. The maximum atomic E-state index is 10.6. The molecule has 2 nitrogen and oxygen atoms in total. The van der Waals surface area contributed by atoms with Crippen molar-refractivity contribution >= 4 is 0 Å². The fourth-order valence-electron chi connectivity index (χ4n) is 11.2. The normalized spacial score (nSPS) is 58.6. The summed E-state index contributed by atoms with van der Waals surface area (Å²) in [5, 5.41) is 21.3. The second-order valence-electron chi connectivity index (χ2n) is 13.7. The summed E-state index contributed by atoms with van der Waals surface area (Å²) in [5.41, 5.74) is 2.65. The summed E-state index contributed by atoms with van der Waals surface area (Å²) in [6.45, 7) is 17.3. The van der Waals surface area contributed by atoms with Crippen LogP contribution >= 0.6 is 0 Å². The van der Waals surface area contributed by atoms with E-state index in [9.17, 15) is 10.2 Å². The van der Waals surface area contributed by atoms with Gasteiger partial charge in [0.2, 0.25) is 0 Å². The molecule has 5 rings (SSSR count). The number of hydrogen-bond acceptors (Lipinski definition) is 2. The lowest BCUT2D eigenvalue weighted by molar-refractivity contribution is -0.237. The van der Waals surface area contributed by atoms with E-state index < -0.39 is 0 Å². The van der Waals surface area contributed by atoms with Crippen molar-refractivity contribution in [3.63, 3.8) is 0 Å². The molecule has 176 valence electrons. The number of fused-ring (bicyclic) bond motifs is 7. The third-order valence-electron chi connectivity index (χ3n) is 13.1. The number of aliphatic hydroxyl groups is 2. The zero-order chi connectivity index (χ0) is 22.4. The Morgan fingerprint density at radius 1 is 0.871 bits per heavy atom. The first-order chi connectivity index (χ1) is 14.5. The zero-order valence-electron chi connectivity index (χ0n) is 20.9. The van der Waals surface area contributed by atoms with Crippen molar-refractivity contribution in [3.05, 3.63) is 12.2 Å². The first-order valence-electron chi connectivity index (χ1n) is 13.5. The maximum Gasteiger partial charge on any atom is 0.0568 e. The highest BCUT2D eigenvalue weighted by Gasteiger charge is 2.69. The molecule has 5 aliphatic carbocycles. The summed E-state index contributed by atoms with van der Waals surface area (Å²) >= 11 is 0. The topological polar surface area (TPSA) is 40.5 Å². The van der Waals surface area contributed by atoms with Crippen molar-refractivity contribution in [2.75, 3.05) is 6.61 Å². The molecule has 31 heavy (non-hydrogen) atoms. The minimum absolute atomic E-state index is 0.0935. The molecule has 0 saturated heterocycles. The summed E-state index contributed by atoms with van der Waals surface area (Å²) in [7, 11) is 0. The fraction of sp³-hybridized carbons (Fsp3) is 0.931. The van der Waals surface area contributed by atoms with Gasteiger partial charge in [-0.05, 0) is 128 Å². The predicted molar refractivity (Wildman–Crippen MR) is 127 cm³/mol. The largest absolute Gasteiger partial charge is 0.396 e. The highest BCUT2D eigenvalue weighted by Crippen LogP contribution is 2.76. The van der Waals surface area contributed by atoms with Crippen LogP contribution in [0.2, 0.25) is 0 Å². The molecule has 0 aliphatic heterocycles. The van der Waals surface area contributed by atoms with Gasteiger partial charge in [-0.25, -0.2) is 0 Å². The summed E-state index contributed by atoms with van der Waals surface area (Å²) in [5.74, 6) is 3.87. The average molecular weight is 429 g/mol. The molecular formula is C29H48O2. The van der Waals surface area contributed by atoms with Crippen molar-refractivity contribution in [2.24, 2.45) is 57.2 Å². The van der Waals surface area contributed by atoms with Gasteiger partial charge in [0.25, 0.3) is 0 Å². The van der Waals surface area contributed by atoms with Crippen molar-refractivity contribution in [2.45, 2.75) is 105 Å². The molecule has 5 saturated carbocycles. The van der Waals surface area contributed by atoms with Crippen LogP contribution < -0.4 is 0 Å². The first kappa shape index (κ1) is 22.5. The molecule has 0 radical (unpaired) electrons. The van der Waals surface area contributed by atoms with Crippen LogP contribution in [0.4, 0.5) is 0 Å². The predicted octanol–water partition coefficient (Wildman–Crippen LogP) is 6.61. The number of aliphatic hydroxyl groups excluding tert-OH is 2. The average Bonchev–Trinajstić information content (AvgIpc) is 3.12.